The van der Waals surface area contributed by atoms with Crippen LogP contribution in [0.15, 0.2) is 27.4 Å². The number of hydrogen-bond acceptors (Lipinski definition) is 3. The minimum atomic E-state index is -0.264. The van der Waals surface area contributed by atoms with E-state index in [9.17, 15) is 4.79 Å². The van der Waals surface area contributed by atoms with Gasteiger partial charge in [0.25, 0.3) is 0 Å². The number of aryl methyl sites for hydroxylation is 1. The summed E-state index contributed by atoms with van der Waals surface area (Å²) in [5.74, 6) is -0.264. The topological polar surface area (TPSA) is 47.2 Å². The summed E-state index contributed by atoms with van der Waals surface area (Å²) >= 11 is 0. The first kappa shape index (κ1) is 12.9. The monoisotopic (exact) mass is 248 g/mol. The molecule has 0 saturated heterocycles. The Kier molecular flexibility index (Phi) is 3.87. The number of hydrogen-bond donors (Lipinski definition) is 1. The van der Waals surface area contributed by atoms with Gasteiger partial charge in [-0.15, -0.1) is 0 Å². The quantitative estimate of drug-likeness (QED) is 0.885. The second-order valence-electron chi connectivity index (χ2n) is 4.53. The van der Waals surface area contributed by atoms with Gasteiger partial charge in [0.2, 0.25) is 0 Å². The normalized spacial score (nSPS) is 13.1. The van der Waals surface area contributed by atoms with E-state index in [-0.39, 0.29) is 11.8 Å². The van der Waals surface area contributed by atoms with E-state index in [1.54, 1.807) is 4.57 Å². The number of aromatic nitrogens is 1. The molecule has 4 nitrogen and oxygen atoms in total. The third kappa shape index (κ3) is 2.34. The van der Waals surface area contributed by atoms with Crippen molar-refractivity contribution in [1.82, 2.24) is 9.88 Å². The fourth-order valence-electron chi connectivity index (χ4n) is 2.21. The van der Waals surface area contributed by atoms with Crippen molar-refractivity contribution in [3.05, 3.63) is 34.3 Å². The number of fused-ring (bicyclic) bond motifs is 1. The molecule has 1 aromatic heterocycles. The van der Waals surface area contributed by atoms with Crippen molar-refractivity contribution >= 4 is 11.1 Å². The smallest absolute Gasteiger partial charge is 0.408 e. The van der Waals surface area contributed by atoms with Crippen molar-refractivity contribution in [3.8, 4) is 0 Å². The van der Waals surface area contributed by atoms with E-state index in [1.807, 2.05) is 19.1 Å². The third-order valence-corrected chi connectivity index (χ3v) is 3.15. The van der Waals surface area contributed by atoms with Crippen LogP contribution >= 0.6 is 0 Å². The summed E-state index contributed by atoms with van der Waals surface area (Å²) in [5.41, 5.74) is 2.70. The van der Waals surface area contributed by atoms with Crippen LogP contribution in [0.3, 0.4) is 0 Å². The molecule has 18 heavy (non-hydrogen) atoms. The number of nitrogens with one attached hydrogen (secondary N) is 1. The minimum absolute atomic E-state index is 0.263. The Bertz CT molecular complexity index is 583. The Morgan fingerprint density at radius 2 is 2.17 bits per heavy atom. The predicted octanol–water partition coefficient (Wildman–Crippen LogP) is 2.68. The van der Waals surface area contributed by atoms with Gasteiger partial charge < -0.3 is 9.73 Å². The SMILES string of the molecule is CCCn1c(=O)oc2cc(C(C)NCC)ccc21. The molecule has 0 spiro atoms. The molecule has 0 saturated carbocycles. The molecule has 4 heteroatoms. The first-order valence-electron chi connectivity index (χ1n) is 6.54. The van der Waals surface area contributed by atoms with Crippen molar-refractivity contribution < 1.29 is 4.42 Å². The summed E-state index contributed by atoms with van der Waals surface area (Å²) in [4.78, 5) is 11.7. The van der Waals surface area contributed by atoms with Crippen LogP contribution < -0.4 is 11.1 Å². The van der Waals surface area contributed by atoms with Crippen LogP contribution in [0.2, 0.25) is 0 Å². The Balaban J connectivity index is 2.44. The Morgan fingerprint density at radius 3 is 2.83 bits per heavy atom. The van der Waals surface area contributed by atoms with Gasteiger partial charge in [-0.3, -0.25) is 4.57 Å². The Labute approximate surface area is 107 Å². The van der Waals surface area contributed by atoms with Crippen LogP contribution in [-0.4, -0.2) is 11.1 Å². The molecule has 2 rings (SSSR count). The fraction of sp³-hybridized carbons (Fsp3) is 0.500. The van der Waals surface area contributed by atoms with Crippen LogP contribution in [0.4, 0.5) is 0 Å². The summed E-state index contributed by atoms with van der Waals surface area (Å²) in [7, 11) is 0. The summed E-state index contributed by atoms with van der Waals surface area (Å²) in [5, 5.41) is 3.35. The predicted molar refractivity (Wildman–Crippen MR) is 72.9 cm³/mol. The molecule has 0 radical (unpaired) electrons. The van der Waals surface area contributed by atoms with E-state index >= 15 is 0 Å². The zero-order chi connectivity index (χ0) is 13.1. The number of nitrogens with zero attached hydrogens (tertiary/aromatic N) is 1. The van der Waals surface area contributed by atoms with Crippen molar-refractivity contribution in [2.45, 2.75) is 39.8 Å². The van der Waals surface area contributed by atoms with E-state index in [0.717, 1.165) is 24.0 Å². The average Bonchev–Trinajstić information content (AvgIpc) is 2.66. The van der Waals surface area contributed by atoms with E-state index in [2.05, 4.69) is 25.2 Å². The summed E-state index contributed by atoms with van der Waals surface area (Å²) in [6.45, 7) is 7.85. The minimum Gasteiger partial charge on any atom is -0.408 e. The van der Waals surface area contributed by atoms with Crippen LogP contribution in [0.5, 0.6) is 0 Å². The zero-order valence-corrected chi connectivity index (χ0v) is 11.2. The molecule has 1 heterocycles. The summed E-state index contributed by atoms with van der Waals surface area (Å²) in [6.07, 6.45) is 0.921. The molecule has 1 aromatic carbocycles. The van der Waals surface area contributed by atoms with Crippen molar-refractivity contribution in [1.29, 1.82) is 0 Å². The summed E-state index contributed by atoms with van der Waals surface area (Å²) < 4.78 is 6.99. The number of rotatable bonds is 5. The van der Waals surface area contributed by atoms with Gasteiger partial charge in [-0.1, -0.05) is 19.9 Å². The van der Waals surface area contributed by atoms with Gasteiger partial charge >= 0.3 is 5.76 Å². The highest BCUT2D eigenvalue weighted by molar-refractivity contribution is 5.73. The Hall–Kier alpha value is -1.55. The fourth-order valence-corrected chi connectivity index (χ4v) is 2.21. The van der Waals surface area contributed by atoms with E-state index < -0.39 is 0 Å². The highest BCUT2D eigenvalue weighted by atomic mass is 16.4. The van der Waals surface area contributed by atoms with Crippen LogP contribution in [0.25, 0.3) is 11.1 Å². The molecule has 0 fully saturated rings. The van der Waals surface area contributed by atoms with Gasteiger partial charge in [0.05, 0.1) is 5.52 Å². The zero-order valence-electron chi connectivity index (χ0n) is 11.2. The summed E-state index contributed by atoms with van der Waals surface area (Å²) in [6, 6.07) is 6.24. The third-order valence-electron chi connectivity index (χ3n) is 3.15. The van der Waals surface area contributed by atoms with Crippen molar-refractivity contribution in [3.63, 3.8) is 0 Å². The average molecular weight is 248 g/mol. The largest absolute Gasteiger partial charge is 0.419 e. The van der Waals surface area contributed by atoms with Gasteiger partial charge in [0, 0.05) is 12.6 Å². The molecule has 1 unspecified atom stereocenters. The molecule has 98 valence electrons. The molecule has 0 aliphatic heterocycles. The van der Waals surface area contributed by atoms with Gasteiger partial charge in [-0.2, -0.15) is 0 Å². The molecule has 1 atom stereocenters. The first-order valence-corrected chi connectivity index (χ1v) is 6.54. The number of benzene rings is 1. The lowest BCUT2D eigenvalue weighted by Gasteiger charge is -2.12. The lowest BCUT2D eigenvalue weighted by Crippen LogP contribution is -2.17. The highest BCUT2D eigenvalue weighted by Gasteiger charge is 2.11. The van der Waals surface area contributed by atoms with Gasteiger partial charge in [-0.05, 0) is 37.6 Å². The maximum absolute atomic E-state index is 11.7. The molecular formula is C14H20N2O2. The van der Waals surface area contributed by atoms with Crippen molar-refractivity contribution in [2.24, 2.45) is 0 Å². The lowest BCUT2D eigenvalue weighted by atomic mass is 10.1. The van der Waals surface area contributed by atoms with E-state index in [0.29, 0.717) is 12.1 Å². The molecule has 1 N–H and O–H groups in total. The van der Waals surface area contributed by atoms with Gasteiger partial charge in [0.1, 0.15) is 0 Å². The maximum atomic E-state index is 11.7. The second kappa shape index (κ2) is 5.40. The molecule has 0 amide bonds. The van der Waals surface area contributed by atoms with Gasteiger partial charge in [-0.25, -0.2) is 4.79 Å². The number of oxazole rings is 1. The van der Waals surface area contributed by atoms with Crippen molar-refractivity contribution in [2.75, 3.05) is 6.54 Å². The second-order valence-corrected chi connectivity index (χ2v) is 4.53. The lowest BCUT2D eigenvalue weighted by molar-refractivity contribution is 0.502. The molecule has 0 aliphatic carbocycles. The maximum Gasteiger partial charge on any atom is 0.419 e. The van der Waals surface area contributed by atoms with Crippen LogP contribution in [0, 0.1) is 0 Å². The first-order chi connectivity index (χ1) is 8.67. The highest BCUT2D eigenvalue weighted by Crippen LogP contribution is 2.19. The molecule has 0 aliphatic rings. The van der Waals surface area contributed by atoms with E-state index in [4.69, 9.17) is 4.42 Å². The van der Waals surface area contributed by atoms with Crippen LogP contribution in [0.1, 0.15) is 38.8 Å². The van der Waals surface area contributed by atoms with E-state index in [1.165, 1.54) is 0 Å². The van der Waals surface area contributed by atoms with Gasteiger partial charge in [0.15, 0.2) is 5.58 Å². The molecular weight excluding hydrogens is 228 g/mol. The van der Waals surface area contributed by atoms with Crippen LogP contribution in [-0.2, 0) is 6.54 Å². The molecule has 2 aromatic rings. The molecule has 0 bridgehead atoms. The Morgan fingerprint density at radius 1 is 1.39 bits per heavy atom. The standard InChI is InChI=1S/C14H20N2O2/c1-4-8-16-12-7-6-11(10(3)15-5-2)9-13(12)18-14(16)17/h6-7,9-10,15H,4-5,8H2,1-3H3.